The highest BCUT2D eigenvalue weighted by molar-refractivity contribution is 6.26. The molecule has 0 aliphatic rings. The number of aromatic nitrogens is 3. The second-order valence-corrected chi connectivity index (χ2v) is 5.71. The third-order valence-electron chi connectivity index (χ3n) is 3.98. The van der Waals surface area contributed by atoms with Gasteiger partial charge in [0.1, 0.15) is 17.9 Å². The van der Waals surface area contributed by atoms with Crippen LogP contribution in [0.25, 0.3) is 21.9 Å². The second-order valence-electron chi connectivity index (χ2n) is 5.52. The number of aliphatic hydroxyl groups is 1. The van der Waals surface area contributed by atoms with Crippen molar-refractivity contribution in [2.24, 2.45) is 0 Å². The van der Waals surface area contributed by atoms with E-state index in [1.54, 1.807) is 0 Å². The van der Waals surface area contributed by atoms with Gasteiger partial charge in [0.2, 0.25) is 0 Å². The zero-order valence-electron chi connectivity index (χ0n) is 13.6. The number of rotatable bonds is 8. The fourth-order valence-corrected chi connectivity index (χ4v) is 3.01. The number of ether oxygens (including phenoxy) is 1. The summed E-state index contributed by atoms with van der Waals surface area (Å²) in [6.07, 6.45) is 1.61. The van der Waals surface area contributed by atoms with Gasteiger partial charge >= 0.3 is 0 Å². The zero-order valence-corrected chi connectivity index (χ0v) is 14.4. The number of aryl methyl sites for hydroxylation is 1. The van der Waals surface area contributed by atoms with Crippen molar-refractivity contribution in [1.29, 1.82) is 0 Å². The van der Waals surface area contributed by atoms with Crippen molar-refractivity contribution in [3.05, 3.63) is 30.1 Å². The Labute approximate surface area is 145 Å². The number of imidazole rings is 1. The van der Waals surface area contributed by atoms with E-state index >= 15 is 0 Å². The molecule has 6 nitrogen and oxygen atoms in total. The highest BCUT2D eigenvalue weighted by atomic mass is 35.5. The summed E-state index contributed by atoms with van der Waals surface area (Å²) in [5.74, 6) is 1.39. The zero-order chi connectivity index (χ0) is 16.9. The predicted molar refractivity (Wildman–Crippen MR) is 96.2 cm³/mol. The average molecular weight is 349 g/mol. The van der Waals surface area contributed by atoms with E-state index in [9.17, 15) is 0 Å². The molecule has 0 atom stereocenters. The molecule has 0 fully saturated rings. The molecule has 2 heterocycles. The largest absolute Gasteiger partial charge is 0.396 e. The van der Waals surface area contributed by atoms with Crippen LogP contribution in [-0.4, -0.2) is 32.9 Å². The van der Waals surface area contributed by atoms with Crippen LogP contribution in [0.2, 0.25) is 0 Å². The van der Waals surface area contributed by atoms with Crippen molar-refractivity contribution in [2.45, 2.75) is 32.9 Å². The lowest BCUT2D eigenvalue weighted by Gasteiger charge is -2.11. The number of aliphatic hydroxyl groups excluding tert-OH is 1. The van der Waals surface area contributed by atoms with Crippen LogP contribution in [0.4, 0.5) is 5.82 Å². The van der Waals surface area contributed by atoms with Crippen LogP contribution in [0, 0.1) is 0 Å². The van der Waals surface area contributed by atoms with Crippen molar-refractivity contribution < 1.29 is 9.84 Å². The van der Waals surface area contributed by atoms with E-state index in [-0.39, 0.29) is 6.61 Å². The van der Waals surface area contributed by atoms with Crippen molar-refractivity contribution in [2.75, 3.05) is 18.0 Å². The summed E-state index contributed by atoms with van der Waals surface area (Å²) in [4.78, 5) is 11.9. The molecule has 2 aromatic heterocycles. The lowest BCUT2D eigenvalue weighted by Crippen LogP contribution is -2.07. The lowest BCUT2D eigenvalue weighted by atomic mass is 10.2. The maximum Gasteiger partial charge on any atom is 0.169 e. The average Bonchev–Trinajstić information content (AvgIpc) is 2.98. The maximum absolute atomic E-state index is 9.09. The van der Waals surface area contributed by atoms with Gasteiger partial charge in [-0.1, -0.05) is 18.2 Å². The number of hydrogen-bond acceptors (Lipinski definition) is 5. The van der Waals surface area contributed by atoms with Gasteiger partial charge in [-0.3, -0.25) is 4.84 Å². The fraction of sp³-hybridized carbons (Fsp3) is 0.412. The molecule has 0 aliphatic heterocycles. The highest BCUT2D eigenvalue weighted by Crippen LogP contribution is 2.31. The molecular formula is C17H21ClN4O2. The Morgan fingerprint density at radius 2 is 2.08 bits per heavy atom. The van der Waals surface area contributed by atoms with Gasteiger partial charge in [-0.2, -0.15) is 0 Å². The molecule has 0 aliphatic carbocycles. The number of para-hydroxylation sites is 1. The third-order valence-corrected chi connectivity index (χ3v) is 4.16. The molecule has 0 radical (unpaired) electrons. The van der Waals surface area contributed by atoms with E-state index in [1.165, 1.54) is 0 Å². The molecule has 0 amide bonds. The number of hydrogen-bond donors (Lipinski definition) is 2. The Hall–Kier alpha value is -1.89. The van der Waals surface area contributed by atoms with Gasteiger partial charge in [0.25, 0.3) is 0 Å². The van der Waals surface area contributed by atoms with E-state index < -0.39 is 0 Å². The smallest absolute Gasteiger partial charge is 0.169 e. The summed E-state index contributed by atoms with van der Waals surface area (Å²) in [5.41, 5.74) is 2.60. The number of pyridine rings is 1. The molecule has 7 heteroatoms. The van der Waals surface area contributed by atoms with Crippen LogP contribution < -0.4 is 4.84 Å². The predicted octanol–water partition coefficient (Wildman–Crippen LogP) is 3.46. The molecule has 0 saturated carbocycles. The molecule has 0 unspecified atom stereocenters. The Morgan fingerprint density at radius 3 is 2.83 bits per heavy atom. The molecule has 3 aromatic rings. The van der Waals surface area contributed by atoms with Crippen molar-refractivity contribution >= 4 is 39.5 Å². The summed E-state index contributed by atoms with van der Waals surface area (Å²) >= 11 is 5.87. The fourth-order valence-electron chi connectivity index (χ4n) is 2.87. The summed E-state index contributed by atoms with van der Waals surface area (Å²) in [6.45, 7) is 3.96. The summed E-state index contributed by atoms with van der Waals surface area (Å²) < 4.78 is 7.73. The number of nitrogens with one attached hydrogen (secondary N) is 1. The minimum Gasteiger partial charge on any atom is -0.396 e. The van der Waals surface area contributed by atoms with Crippen molar-refractivity contribution in [3.8, 4) is 0 Å². The van der Waals surface area contributed by atoms with Gasteiger partial charge < -0.3 is 14.4 Å². The molecule has 0 spiro atoms. The number of nitrogens with zero attached hydrogens (tertiary/aromatic N) is 3. The van der Waals surface area contributed by atoms with Crippen LogP contribution in [-0.2, 0) is 17.9 Å². The minimum absolute atomic E-state index is 0.185. The molecule has 2 N–H and O–H groups in total. The van der Waals surface area contributed by atoms with Gasteiger partial charge in [0, 0.05) is 36.9 Å². The standard InChI is InChI=1S/C17H21ClN4O2/c1-2-24-11-14-20-15-16(22(14)9-5-6-10-23)12-7-3-4-8-13(12)19-17(15)21-18/h3-4,7-8,23H,2,5-6,9-11H2,1H3,(H,19,21). The Morgan fingerprint density at radius 1 is 1.25 bits per heavy atom. The van der Waals surface area contributed by atoms with Gasteiger partial charge in [-0.05, 0) is 25.8 Å². The van der Waals surface area contributed by atoms with E-state index in [0.29, 0.717) is 19.0 Å². The topological polar surface area (TPSA) is 72.2 Å². The van der Waals surface area contributed by atoms with Gasteiger partial charge in [-0.25, -0.2) is 9.97 Å². The quantitative estimate of drug-likeness (QED) is 0.482. The third kappa shape index (κ3) is 3.17. The number of anilines is 1. The maximum atomic E-state index is 9.09. The Bertz CT molecular complexity index is 834. The normalized spacial score (nSPS) is 11.5. The van der Waals surface area contributed by atoms with Crippen LogP contribution >= 0.6 is 11.8 Å². The molecule has 1 aromatic carbocycles. The van der Waals surface area contributed by atoms with E-state index in [2.05, 4.69) is 14.4 Å². The van der Waals surface area contributed by atoms with Crippen LogP contribution in [0.15, 0.2) is 24.3 Å². The SMILES string of the molecule is CCOCc1nc2c(NCl)nc3ccccc3c2n1CCCCO. The van der Waals surface area contributed by atoms with Crippen LogP contribution in [0.1, 0.15) is 25.6 Å². The minimum atomic E-state index is 0.185. The Balaban J connectivity index is 2.22. The van der Waals surface area contributed by atoms with Crippen molar-refractivity contribution in [1.82, 2.24) is 14.5 Å². The molecule has 128 valence electrons. The molecule has 0 bridgehead atoms. The van der Waals surface area contributed by atoms with Gasteiger partial charge in [0.05, 0.1) is 11.0 Å². The Kier molecular flexibility index (Phi) is 5.50. The first-order chi connectivity index (χ1) is 11.8. The van der Waals surface area contributed by atoms with E-state index in [0.717, 1.165) is 47.1 Å². The number of fused-ring (bicyclic) bond motifs is 3. The molecular weight excluding hydrogens is 328 g/mol. The molecule has 0 saturated heterocycles. The molecule has 3 rings (SSSR count). The monoisotopic (exact) mass is 348 g/mol. The van der Waals surface area contributed by atoms with Gasteiger partial charge in [-0.15, -0.1) is 0 Å². The lowest BCUT2D eigenvalue weighted by molar-refractivity contribution is 0.125. The number of unbranched alkanes of at least 4 members (excludes halogenated alkanes) is 1. The number of benzene rings is 1. The van der Waals surface area contributed by atoms with Crippen molar-refractivity contribution in [3.63, 3.8) is 0 Å². The summed E-state index contributed by atoms with van der Waals surface area (Å²) in [6, 6.07) is 7.94. The first-order valence-corrected chi connectivity index (χ1v) is 8.51. The highest BCUT2D eigenvalue weighted by Gasteiger charge is 2.18. The first kappa shape index (κ1) is 17.0. The van der Waals surface area contributed by atoms with Crippen LogP contribution in [0.3, 0.4) is 0 Å². The van der Waals surface area contributed by atoms with E-state index in [1.807, 2.05) is 31.2 Å². The van der Waals surface area contributed by atoms with Crippen LogP contribution in [0.5, 0.6) is 0 Å². The summed E-state index contributed by atoms with van der Waals surface area (Å²) in [5, 5.41) is 10.1. The van der Waals surface area contributed by atoms with E-state index in [4.69, 9.17) is 26.6 Å². The van der Waals surface area contributed by atoms with Gasteiger partial charge in [0.15, 0.2) is 5.82 Å². The number of halogens is 1. The first-order valence-electron chi connectivity index (χ1n) is 8.13. The summed E-state index contributed by atoms with van der Waals surface area (Å²) in [7, 11) is 0. The molecule has 24 heavy (non-hydrogen) atoms. The second kappa shape index (κ2) is 7.79.